The van der Waals surface area contributed by atoms with Gasteiger partial charge in [-0.3, -0.25) is 0 Å². The molecule has 4 rings (SSSR count). The van der Waals surface area contributed by atoms with Crippen molar-refractivity contribution in [2.45, 2.75) is 57.5 Å². The van der Waals surface area contributed by atoms with Crippen LogP contribution in [0.5, 0.6) is 0 Å². The SMILES string of the molecule is CCCN1CCC(N[C@@H]2CCCc3nc(-c4ccccc4)ncc32)CC1. The van der Waals surface area contributed by atoms with Crippen LogP contribution in [0.15, 0.2) is 36.5 Å². The summed E-state index contributed by atoms with van der Waals surface area (Å²) in [5.41, 5.74) is 3.67. The minimum Gasteiger partial charge on any atom is -0.307 e. The highest BCUT2D eigenvalue weighted by molar-refractivity contribution is 5.55. The molecule has 4 heteroatoms. The van der Waals surface area contributed by atoms with Crippen LogP contribution in [0, 0.1) is 0 Å². The lowest BCUT2D eigenvalue weighted by Gasteiger charge is -2.36. The fourth-order valence-corrected chi connectivity index (χ4v) is 4.37. The highest BCUT2D eigenvalue weighted by Crippen LogP contribution is 2.30. The molecule has 2 heterocycles. The topological polar surface area (TPSA) is 41.0 Å². The third-order valence-electron chi connectivity index (χ3n) is 5.78. The molecule has 1 saturated heterocycles. The van der Waals surface area contributed by atoms with E-state index in [0.717, 1.165) is 17.8 Å². The maximum atomic E-state index is 4.90. The van der Waals surface area contributed by atoms with Gasteiger partial charge in [0.2, 0.25) is 0 Å². The second-order valence-corrected chi connectivity index (χ2v) is 7.69. The van der Waals surface area contributed by atoms with E-state index in [0.29, 0.717) is 12.1 Å². The predicted molar refractivity (Wildman–Crippen MR) is 106 cm³/mol. The second-order valence-electron chi connectivity index (χ2n) is 7.69. The summed E-state index contributed by atoms with van der Waals surface area (Å²) >= 11 is 0. The third kappa shape index (κ3) is 3.97. The van der Waals surface area contributed by atoms with E-state index in [1.54, 1.807) is 0 Å². The van der Waals surface area contributed by atoms with Crippen molar-refractivity contribution in [1.82, 2.24) is 20.2 Å². The number of nitrogens with zero attached hydrogens (tertiary/aromatic N) is 3. The number of likely N-dealkylation sites (tertiary alicyclic amines) is 1. The molecule has 1 aromatic carbocycles. The van der Waals surface area contributed by atoms with Crippen LogP contribution in [-0.2, 0) is 6.42 Å². The van der Waals surface area contributed by atoms with Gasteiger partial charge in [-0.2, -0.15) is 0 Å². The molecule has 4 nitrogen and oxygen atoms in total. The zero-order valence-electron chi connectivity index (χ0n) is 15.8. The van der Waals surface area contributed by atoms with Gasteiger partial charge in [-0.15, -0.1) is 0 Å². The highest BCUT2D eigenvalue weighted by Gasteiger charge is 2.26. The van der Waals surface area contributed by atoms with Crippen LogP contribution in [0.2, 0.25) is 0 Å². The number of fused-ring (bicyclic) bond motifs is 1. The third-order valence-corrected chi connectivity index (χ3v) is 5.78. The van der Waals surface area contributed by atoms with E-state index in [2.05, 4.69) is 40.5 Å². The highest BCUT2D eigenvalue weighted by atomic mass is 15.1. The van der Waals surface area contributed by atoms with Gasteiger partial charge in [0.25, 0.3) is 0 Å². The molecule has 0 amide bonds. The second kappa shape index (κ2) is 8.28. The first kappa shape index (κ1) is 17.6. The van der Waals surface area contributed by atoms with Gasteiger partial charge < -0.3 is 10.2 Å². The van der Waals surface area contributed by atoms with Gasteiger partial charge in [0.05, 0.1) is 0 Å². The molecule has 0 spiro atoms. The molecule has 2 aliphatic rings. The van der Waals surface area contributed by atoms with Gasteiger partial charge in [-0.25, -0.2) is 9.97 Å². The molecule has 138 valence electrons. The number of hydrogen-bond acceptors (Lipinski definition) is 4. The molecular weight excluding hydrogens is 320 g/mol. The van der Waals surface area contributed by atoms with Gasteiger partial charge in [0.15, 0.2) is 5.82 Å². The van der Waals surface area contributed by atoms with E-state index in [4.69, 9.17) is 4.98 Å². The van der Waals surface area contributed by atoms with Gasteiger partial charge in [-0.1, -0.05) is 37.3 Å². The van der Waals surface area contributed by atoms with Gasteiger partial charge in [0.1, 0.15) is 0 Å². The number of piperidine rings is 1. The fourth-order valence-electron chi connectivity index (χ4n) is 4.37. The first-order valence-corrected chi connectivity index (χ1v) is 10.2. The number of rotatable bonds is 5. The fraction of sp³-hybridized carbons (Fsp3) is 0.545. The first-order valence-electron chi connectivity index (χ1n) is 10.2. The lowest BCUT2D eigenvalue weighted by Crippen LogP contribution is -2.44. The van der Waals surface area contributed by atoms with Crippen LogP contribution < -0.4 is 5.32 Å². The monoisotopic (exact) mass is 350 g/mol. The average molecular weight is 351 g/mol. The summed E-state index contributed by atoms with van der Waals surface area (Å²) in [6.07, 6.45) is 9.35. The molecule has 1 aliphatic heterocycles. The molecular formula is C22H30N4. The first-order chi connectivity index (χ1) is 12.8. The van der Waals surface area contributed by atoms with Gasteiger partial charge in [-0.05, 0) is 58.2 Å². The Morgan fingerprint density at radius 2 is 1.92 bits per heavy atom. The summed E-state index contributed by atoms with van der Waals surface area (Å²) < 4.78 is 0. The number of hydrogen-bond donors (Lipinski definition) is 1. The van der Waals surface area contributed by atoms with E-state index in [-0.39, 0.29) is 0 Å². The van der Waals surface area contributed by atoms with E-state index in [1.165, 1.54) is 63.0 Å². The predicted octanol–water partition coefficient (Wildman–Crippen LogP) is 3.99. The maximum Gasteiger partial charge on any atom is 0.159 e. The molecule has 1 N–H and O–H groups in total. The lowest BCUT2D eigenvalue weighted by molar-refractivity contribution is 0.188. The van der Waals surface area contributed by atoms with Crippen molar-refractivity contribution in [3.05, 3.63) is 47.8 Å². The average Bonchev–Trinajstić information content (AvgIpc) is 2.70. The Hall–Kier alpha value is -1.78. The standard InChI is InChI=1S/C22H30N4/c1-2-13-26-14-11-18(12-15-26)24-20-9-6-10-21-19(20)16-23-22(25-21)17-7-4-3-5-8-17/h3-5,7-8,16,18,20,24H,2,6,9-15H2,1H3/t20-/m1/s1. The summed E-state index contributed by atoms with van der Waals surface area (Å²) in [5, 5.41) is 3.93. The van der Waals surface area contributed by atoms with Crippen LogP contribution >= 0.6 is 0 Å². The Morgan fingerprint density at radius 3 is 2.69 bits per heavy atom. The Balaban J connectivity index is 1.44. The minimum absolute atomic E-state index is 0.422. The van der Waals surface area contributed by atoms with Crippen LogP contribution in [0.25, 0.3) is 11.4 Å². The largest absolute Gasteiger partial charge is 0.307 e. The molecule has 0 saturated carbocycles. The van der Waals surface area contributed by atoms with Crippen molar-refractivity contribution in [2.24, 2.45) is 0 Å². The number of nitrogens with one attached hydrogen (secondary N) is 1. The van der Waals surface area contributed by atoms with Crippen molar-refractivity contribution in [3.63, 3.8) is 0 Å². The van der Waals surface area contributed by atoms with Gasteiger partial charge >= 0.3 is 0 Å². The van der Waals surface area contributed by atoms with E-state index >= 15 is 0 Å². The Labute approximate surface area is 157 Å². The normalized spacial score (nSPS) is 21.5. The van der Waals surface area contributed by atoms with Crippen LogP contribution in [0.1, 0.15) is 56.3 Å². The molecule has 2 aromatic rings. The summed E-state index contributed by atoms with van der Waals surface area (Å²) in [6.45, 7) is 5.98. The van der Waals surface area contributed by atoms with Crippen molar-refractivity contribution in [3.8, 4) is 11.4 Å². The summed E-state index contributed by atoms with van der Waals surface area (Å²) in [6, 6.07) is 11.4. The Kier molecular flexibility index (Phi) is 5.61. The molecule has 0 unspecified atom stereocenters. The molecule has 0 bridgehead atoms. The van der Waals surface area contributed by atoms with Crippen LogP contribution in [0.4, 0.5) is 0 Å². The molecule has 1 atom stereocenters. The number of aryl methyl sites for hydroxylation is 1. The zero-order valence-corrected chi connectivity index (χ0v) is 15.8. The van der Waals surface area contributed by atoms with Crippen molar-refractivity contribution in [2.75, 3.05) is 19.6 Å². The molecule has 1 aliphatic carbocycles. The molecule has 26 heavy (non-hydrogen) atoms. The summed E-state index contributed by atoms with van der Waals surface area (Å²) in [4.78, 5) is 12.2. The van der Waals surface area contributed by atoms with Crippen molar-refractivity contribution in [1.29, 1.82) is 0 Å². The quantitative estimate of drug-likeness (QED) is 0.885. The van der Waals surface area contributed by atoms with Crippen LogP contribution in [0.3, 0.4) is 0 Å². The molecule has 0 radical (unpaired) electrons. The lowest BCUT2D eigenvalue weighted by atomic mass is 9.90. The zero-order chi connectivity index (χ0) is 17.8. The summed E-state index contributed by atoms with van der Waals surface area (Å²) in [5.74, 6) is 0.859. The summed E-state index contributed by atoms with van der Waals surface area (Å²) in [7, 11) is 0. The van der Waals surface area contributed by atoms with E-state index in [1.807, 2.05) is 18.2 Å². The van der Waals surface area contributed by atoms with E-state index < -0.39 is 0 Å². The van der Waals surface area contributed by atoms with E-state index in [9.17, 15) is 0 Å². The number of benzene rings is 1. The number of aromatic nitrogens is 2. The van der Waals surface area contributed by atoms with Crippen LogP contribution in [-0.4, -0.2) is 40.5 Å². The molecule has 1 aromatic heterocycles. The minimum atomic E-state index is 0.422. The van der Waals surface area contributed by atoms with Crippen molar-refractivity contribution >= 4 is 0 Å². The Morgan fingerprint density at radius 1 is 1.12 bits per heavy atom. The van der Waals surface area contributed by atoms with Gasteiger partial charge in [0, 0.05) is 35.1 Å². The smallest absolute Gasteiger partial charge is 0.159 e. The molecule has 1 fully saturated rings. The van der Waals surface area contributed by atoms with Crippen molar-refractivity contribution < 1.29 is 0 Å². The Bertz CT molecular complexity index is 707. The maximum absolute atomic E-state index is 4.90.